The van der Waals surface area contributed by atoms with Gasteiger partial charge in [0, 0.05) is 18.2 Å². The molecular weight excluding hydrogens is 414 g/mol. The summed E-state index contributed by atoms with van der Waals surface area (Å²) in [6.45, 7) is 5.61. The first kappa shape index (κ1) is 22.0. The molecule has 0 bridgehead atoms. The van der Waals surface area contributed by atoms with Crippen LogP contribution in [0.1, 0.15) is 70.9 Å². The summed E-state index contributed by atoms with van der Waals surface area (Å²) in [4.78, 5) is 29.2. The number of fused-ring (bicyclic) bond motifs is 4. The number of hydrogen-bond donors (Lipinski definition) is 2. The van der Waals surface area contributed by atoms with E-state index in [1.165, 1.54) is 0 Å². The molecule has 0 aromatic heterocycles. The van der Waals surface area contributed by atoms with Gasteiger partial charge in [-0.15, -0.1) is 0 Å². The molecule has 174 valence electrons. The number of methoxy groups -OCH3 is 1. The van der Waals surface area contributed by atoms with Crippen LogP contribution in [-0.2, 0) is 11.2 Å². The molecular formula is C27H33N3O3. The maximum absolute atomic E-state index is 13.7. The molecule has 0 radical (unpaired) electrons. The molecule has 0 unspecified atom stereocenters. The lowest BCUT2D eigenvalue weighted by Crippen LogP contribution is -2.58. The van der Waals surface area contributed by atoms with Crippen LogP contribution in [0.25, 0.3) is 0 Å². The second-order valence-corrected chi connectivity index (χ2v) is 9.60. The molecule has 33 heavy (non-hydrogen) atoms. The molecule has 2 fully saturated rings. The molecule has 2 aromatic carbocycles. The van der Waals surface area contributed by atoms with Crippen LogP contribution in [0.2, 0.25) is 0 Å². The summed E-state index contributed by atoms with van der Waals surface area (Å²) in [5.74, 6) is 0.931. The van der Waals surface area contributed by atoms with Crippen LogP contribution in [0.5, 0.6) is 5.75 Å². The van der Waals surface area contributed by atoms with Crippen LogP contribution in [0, 0.1) is 12.8 Å². The first-order chi connectivity index (χ1) is 16.0. The van der Waals surface area contributed by atoms with Crippen LogP contribution < -0.4 is 15.4 Å². The highest BCUT2D eigenvalue weighted by Gasteiger charge is 2.46. The highest BCUT2D eigenvalue weighted by Crippen LogP contribution is 2.45. The minimum atomic E-state index is -0.128. The van der Waals surface area contributed by atoms with Crippen molar-refractivity contribution in [2.45, 2.75) is 57.7 Å². The smallest absolute Gasteiger partial charge is 0.252 e. The van der Waals surface area contributed by atoms with Crippen molar-refractivity contribution in [2.24, 2.45) is 5.92 Å². The highest BCUT2D eigenvalue weighted by atomic mass is 16.5. The first-order valence-corrected chi connectivity index (χ1v) is 12.1. The summed E-state index contributed by atoms with van der Waals surface area (Å²) in [7, 11) is 1.65. The van der Waals surface area contributed by atoms with Gasteiger partial charge in [-0.2, -0.15) is 0 Å². The largest absolute Gasteiger partial charge is 0.496 e. The zero-order valence-corrected chi connectivity index (χ0v) is 19.7. The van der Waals surface area contributed by atoms with Gasteiger partial charge in [0.1, 0.15) is 5.75 Å². The summed E-state index contributed by atoms with van der Waals surface area (Å²) in [5.41, 5.74) is 4.70. The Bertz CT molecular complexity index is 1070. The summed E-state index contributed by atoms with van der Waals surface area (Å²) < 4.78 is 5.66. The maximum atomic E-state index is 13.7. The Morgan fingerprint density at radius 3 is 2.82 bits per heavy atom. The quantitative estimate of drug-likeness (QED) is 0.750. The summed E-state index contributed by atoms with van der Waals surface area (Å²) in [6.07, 6.45) is 3.59. The van der Waals surface area contributed by atoms with Crippen molar-refractivity contribution in [1.29, 1.82) is 0 Å². The van der Waals surface area contributed by atoms with Gasteiger partial charge in [-0.05, 0) is 68.8 Å². The fourth-order valence-electron chi connectivity index (χ4n) is 6.03. The second kappa shape index (κ2) is 8.82. The Hall–Kier alpha value is -2.86. The number of hydrogen-bond acceptors (Lipinski definition) is 4. The summed E-state index contributed by atoms with van der Waals surface area (Å²) in [5, 5.41) is 6.79. The Kier molecular flexibility index (Phi) is 5.87. The molecule has 0 spiro atoms. The molecule has 6 nitrogen and oxygen atoms in total. The third-order valence-electron chi connectivity index (χ3n) is 7.75. The molecule has 2 aromatic rings. The maximum Gasteiger partial charge on any atom is 0.252 e. The first-order valence-electron chi connectivity index (χ1n) is 12.1. The number of rotatable bonds is 4. The number of nitrogens with one attached hydrogen (secondary N) is 2. The zero-order valence-electron chi connectivity index (χ0n) is 19.7. The second-order valence-electron chi connectivity index (χ2n) is 9.60. The number of ether oxygens (including phenoxy) is 1. The Morgan fingerprint density at radius 2 is 2.06 bits per heavy atom. The summed E-state index contributed by atoms with van der Waals surface area (Å²) in [6, 6.07) is 12.0. The molecule has 4 atom stereocenters. The van der Waals surface area contributed by atoms with Crippen LogP contribution in [-0.4, -0.2) is 43.0 Å². The topological polar surface area (TPSA) is 70.7 Å². The van der Waals surface area contributed by atoms with Gasteiger partial charge >= 0.3 is 0 Å². The van der Waals surface area contributed by atoms with E-state index < -0.39 is 0 Å². The fraction of sp³-hybridized carbons (Fsp3) is 0.481. The van der Waals surface area contributed by atoms with Gasteiger partial charge in [-0.1, -0.05) is 30.3 Å². The van der Waals surface area contributed by atoms with Crippen molar-refractivity contribution in [3.8, 4) is 5.75 Å². The van der Waals surface area contributed by atoms with E-state index in [0.29, 0.717) is 12.1 Å². The van der Waals surface area contributed by atoms with Crippen LogP contribution in [0.15, 0.2) is 36.4 Å². The lowest BCUT2D eigenvalue weighted by molar-refractivity contribution is -0.145. The molecule has 3 aliphatic heterocycles. The molecule has 6 heteroatoms. The van der Waals surface area contributed by atoms with Crippen molar-refractivity contribution in [3.63, 3.8) is 0 Å². The molecule has 3 aliphatic rings. The zero-order chi connectivity index (χ0) is 23.1. The molecule has 2 amide bonds. The van der Waals surface area contributed by atoms with E-state index >= 15 is 0 Å². The van der Waals surface area contributed by atoms with E-state index in [-0.39, 0.29) is 35.9 Å². The van der Waals surface area contributed by atoms with E-state index in [1.54, 1.807) is 7.11 Å². The van der Waals surface area contributed by atoms with Gasteiger partial charge in [0.25, 0.3) is 5.91 Å². The van der Waals surface area contributed by atoms with E-state index in [0.717, 1.165) is 60.2 Å². The van der Waals surface area contributed by atoms with Crippen molar-refractivity contribution in [2.75, 3.05) is 20.2 Å². The van der Waals surface area contributed by atoms with Gasteiger partial charge in [0.05, 0.1) is 30.7 Å². The molecule has 0 saturated carbocycles. The average molecular weight is 448 g/mol. The molecule has 0 aliphatic carbocycles. The number of nitrogens with zero attached hydrogens (tertiary/aromatic N) is 1. The molecule has 5 rings (SSSR count). The van der Waals surface area contributed by atoms with Gasteiger partial charge in [-0.3, -0.25) is 9.59 Å². The molecule has 2 saturated heterocycles. The van der Waals surface area contributed by atoms with Gasteiger partial charge < -0.3 is 20.3 Å². The average Bonchev–Trinajstić information content (AvgIpc) is 2.84. The normalized spacial score (nSPS) is 24.9. The van der Waals surface area contributed by atoms with Crippen LogP contribution in [0.3, 0.4) is 0 Å². The van der Waals surface area contributed by atoms with E-state index in [9.17, 15) is 9.59 Å². The van der Waals surface area contributed by atoms with Gasteiger partial charge in [0.15, 0.2) is 0 Å². The fourth-order valence-corrected chi connectivity index (χ4v) is 6.03. The minimum Gasteiger partial charge on any atom is -0.496 e. The third kappa shape index (κ3) is 3.80. The number of carbonyl (C=O) groups is 2. The predicted octanol–water partition coefficient (Wildman–Crippen LogP) is 3.69. The highest BCUT2D eigenvalue weighted by molar-refractivity contribution is 5.99. The van der Waals surface area contributed by atoms with E-state index in [4.69, 9.17) is 4.74 Å². The third-order valence-corrected chi connectivity index (χ3v) is 7.75. The molecule has 2 N–H and O–H groups in total. The summed E-state index contributed by atoms with van der Waals surface area (Å²) >= 11 is 0. The number of benzene rings is 2. The predicted molar refractivity (Wildman–Crippen MR) is 127 cm³/mol. The Balaban J connectivity index is 1.55. The van der Waals surface area contributed by atoms with Gasteiger partial charge in [0.2, 0.25) is 5.91 Å². The van der Waals surface area contributed by atoms with Crippen molar-refractivity contribution in [1.82, 2.24) is 15.5 Å². The van der Waals surface area contributed by atoms with Crippen molar-refractivity contribution < 1.29 is 14.3 Å². The van der Waals surface area contributed by atoms with E-state index in [1.807, 2.05) is 49.1 Å². The standard InChI is InChI=1S/C27H33N3O3/c1-16-23(33-3)14-19-11-13-30-22(15-21-20(27(30)32)10-7-12-28-21)25(19)24(16)26(31)29-17(2)18-8-5-4-6-9-18/h4-6,8-9,14,17,20-22,28H,7,10-13,15H2,1-3H3,(H,29,31)/t17-,20-,21-,22-/m1/s1. The van der Waals surface area contributed by atoms with Crippen molar-refractivity contribution in [3.05, 3.63) is 64.2 Å². The van der Waals surface area contributed by atoms with Crippen LogP contribution >= 0.6 is 0 Å². The number of amides is 2. The SMILES string of the molecule is COc1cc2c(c(C(=O)N[C@H](C)c3ccccc3)c1C)[C@H]1C[C@H]3NCCC[C@H]3C(=O)N1CC2. The minimum absolute atomic E-state index is 0.0614. The van der Waals surface area contributed by atoms with Gasteiger partial charge in [-0.25, -0.2) is 0 Å². The number of carbonyl (C=O) groups excluding carboxylic acids is 2. The molecule has 3 heterocycles. The van der Waals surface area contributed by atoms with Crippen LogP contribution in [0.4, 0.5) is 0 Å². The van der Waals surface area contributed by atoms with Crippen molar-refractivity contribution >= 4 is 11.8 Å². The Labute approximate surface area is 195 Å². The van der Waals surface area contributed by atoms with E-state index in [2.05, 4.69) is 16.7 Å². The lowest BCUT2D eigenvalue weighted by Gasteiger charge is -2.49. The number of piperidine rings is 2. The monoisotopic (exact) mass is 447 g/mol. The lowest BCUT2D eigenvalue weighted by atomic mass is 9.75. The Morgan fingerprint density at radius 1 is 1.27 bits per heavy atom.